The minimum atomic E-state index is -0.351. The highest BCUT2D eigenvalue weighted by atomic mass is 16.5. The predicted octanol–water partition coefficient (Wildman–Crippen LogP) is 2.89. The molecule has 1 aliphatic rings. The first-order valence-corrected chi connectivity index (χ1v) is 9.28. The topological polar surface area (TPSA) is 65.4 Å². The lowest BCUT2D eigenvalue weighted by atomic mass is 9.95. The van der Waals surface area contributed by atoms with Crippen molar-refractivity contribution in [2.45, 2.75) is 12.5 Å². The fourth-order valence-electron chi connectivity index (χ4n) is 3.51. The van der Waals surface area contributed by atoms with Crippen molar-refractivity contribution in [3.63, 3.8) is 0 Å². The molecule has 28 heavy (non-hydrogen) atoms. The monoisotopic (exact) mass is 377 g/mol. The molecule has 1 aromatic heterocycles. The lowest BCUT2D eigenvalue weighted by molar-refractivity contribution is -0.126. The molecule has 3 aromatic rings. The van der Waals surface area contributed by atoms with E-state index in [0.717, 1.165) is 28.5 Å². The lowest BCUT2D eigenvalue weighted by Gasteiger charge is -2.27. The van der Waals surface area contributed by atoms with E-state index in [1.165, 1.54) is 0 Å². The minimum Gasteiger partial charge on any atom is -0.497 e. The zero-order valence-electron chi connectivity index (χ0n) is 16.0. The third-order valence-corrected chi connectivity index (χ3v) is 5.10. The number of imidazole rings is 1. The van der Waals surface area contributed by atoms with Crippen LogP contribution >= 0.6 is 0 Å². The van der Waals surface area contributed by atoms with E-state index < -0.39 is 0 Å². The number of amides is 1. The first-order valence-electron chi connectivity index (χ1n) is 9.28. The summed E-state index contributed by atoms with van der Waals surface area (Å²) in [5.41, 5.74) is 2.01. The van der Waals surface area contributed by atoms with Gasteiger partial charge < -0.3 is 19.4 Å². The molecule has 1 aliphatic heterocycles. The zero-order chi connectivity index (χ0) is 19.5. The Bertz CT molecular complexity index is 965. The van der Waals surface area contributed by atoms with Crippen LogP contribution in [0.5, 0.6) is 11.5 Å². The van der Waals surface area contributed by atoms with Crippen molar-refractivity contribution in [2.24, 2.45) is 13.0 Å². The number of aryl methyl sites for hydroxylation is 1. The van der Waals surface area contributed by atoms with Crippen LogP contribution in [0.3, 0.4) is 0 Å². The van der Waals surface area contributed by atoms with Gasteiger partial charge in [0, 0.05) is 19.4 Å². The molecule has 1 N–H and O–H groups in total. The third kappa shape index (κ3) is 3.58. The van der Waals surface area contributed by atoms with Gasteiger partial charge in [-0.05, 0) is 35.7 Å². The van der Waals surface area contributed by atoms with Crippen molar-refractivity contribution in [1.29, 1.82) is 0 Å². The second-order valence-corrected chi connectivity index (χ2v) is 6.93. The fourth-order valence-corrected chi connectivity index (χ4v) is 3.51. The van der Waals surface area contributed by atoms with E-state index in [2.05, 4.69) is 10.3 Å². The summed E-state index contributed by atoms with van der Waals surface area (Å²) in [5, 5.41) is 3.17. The molecule has 4 rings (SSSR count). The Kier molecular flexibility index (Phi) is 5.02. The minimum absolute atomic E-state index is 0.0432. The number of fused-ring (bicyclic) bond motifs is 1. The molecule has 0 fully saturated rings. The number of ether oxygens (including phenoxy) is 2. The molecule has 0 aliphatic carbocycles. The highest BCUT2D eigenvalue weighted by Crippen LogP contribution is 2.28. The molecule has 2 atom stereocenters. The van der Waals surface area contributed by atoms with E-state index in [4.69, 9.17) is 9.47 Å². The molecule has 6 heteroatoms. The van der Waals surface area contributed by atoms with Gasteiger partial charge in [0.05, 0.1) is 13.0 Å². The Labute approximate surface area is 164 Å². The van der Waals surface area contributed by atoms with Gasteiger partial charge in [-0.1, -0.05) is 30.3 Å². The van der Waals surface area contributed by atoms with Gasteiger partial charge in [0.1, 0.15) is 30.0 Å². The Morgan fingerprint density at radius 3 is 2.75 bits per heavy atom. The number of hydrogen-bond donors (Lipinski definition) is 1. The van der Waals surface area contributed by atoms with Crippen molar-refractivity contribution >= 4 is 5.91 Å². The summed E-state index contributed by atoms with van der Waals surface area (Å²) in [6.45, 7) is 0.374. The van der Waals surface area contributed by atoms with Crippen LogP contribution in [-0.4, -0.2) is 29.2 Å². The van der Waals surface area contributed by atoms with Gasteiger partial charge in [0.15, 0.2) is 0 Å². The second-order valence-electron chi connectivity index (χ2n) is 6.93. The Morgan fingerprint density at radius 1 is 1.25 bits per heavy atom. The SMILES string of the molecule is COc1ccc([C@@H](NC(=O)[C@H]2COc3ccccc3C2)c2nccn2C)cc1. The van der Waals surface area contributed by atoms with Crippen LogP contribution in [0, 0.1) is 5.92 Å². The highest BCUT2D eigenvalue weighted by Gasteiger charge is 2.29. The van der Waals surface area contributed by atoms with E-state index in [1.807, 2.05) is 66.3 Å². The standard InChI is InChI=1S/C22H23N3O3/c1-25-12-11-23-21(25)20(15-7-9-18(27-2)10-8-15)24-22(26)17-13-16-5-3-4-6-19(16)28-14-17/h3-12,17,20H,13-14H2,1-2H3,(H,24,26)/t17-,20-/m1/s1. The maximum Gasteiger partial charge on any atom is 0.227 e. The number of hydrogen-bond acceptors (Lipinski definition) is 4. The number of nitrogens with zero attached hydrogens (tertiary/aromatic N) is 2. The molecule has 144 valence electrons. The van der Waals surface area contributed by atoms with Gasteiger partial charge in [-0.25, -0.2) is 4.98 Å². The van der Waals surface area contributed by atoms with Crippen LogP contribution in [0.25, 0.3) is 0 Å². The van der Waals surface area contributed by atoms with Gasteiger partial charge in [-0.3, -0.25) is 4.79 Å². The van der Waals surface area contributed by atoms with E-state index in [1.54, 1.807) is 13.3 Å². The molecule has 0 saturated carbocycles. The van der Waals surface area contributed by atoms with Crippen LogP contribution in [0.1, 0.15) is 23.0 Å². The van der Waals surface area contributed by atoms with Crippen LogP contribution in [0.2, 0.25) is 0 Å². The number of para-hydroxylation sites is 1. The van der Waals surface area contributed by atoms with E-state index in [-0.39, 0.29) is 17.9 Å². The fraction of sp³-hybridized carbons (Fsp3) is 0.273. The van der Waals surface area contributed by atoms with E-state index >= 15 is 0 Å². The molecular formula is C22H23N3O3. The Balaban J connectivity index is 1.57. The van der Waals surface area contributed by atoms with Crippen molar-refractivity contribution in [1.82, 2.24) is 14.9 Å². The summed E-state index contributed by atoms with van der Waals surface area (Å²) < 4.78 is 13.0. The average molecular weight is 377 g/mol. The Morgan fingerprint density at radius 2 is 2.04 bits per heavy atom. The van der Waals surface area contributed by atoms with Gasteiger partial charge in [0.2, 0.25) is 5.91 Å². The zero-order valence-corrected chi connectivity index (χ0v) is 16.0. The number of benzene rings is 2. The number of aromatic nitrogens is 2. The van der Waals surface area contributed by atoms with Gasteiger partial charge >= 0.3 is 0 Å². The summed E-state index contributed by atoms with van der Waals surface area (Å²) in [6.07, 6.45) is 4.27. The number of methoxy groups -OCH3 is 1. The largest absolute Gasteiger partial charge is 0.497 e. The average Bonchev–Trinajstić information content (AvgIpc) is 3.17. The maximum absolute atomic E-state index is 13.1. The number of carbonyl (C=O) groups excluding carboxylic acids is 1. The van der Waals surface area contributed by atoms with Crippen LogP contribution < -0.4 is 14.8 Å². The van der Waals surface area contributed by atoms with Gasteiger partial charge in [0.25, 0.3) is 0 Å². The van der Waals surface area contributed by atoms with Crippen molar-refractivity contribution in [2.75, 3.05) is 13.7 Å². The van der Waals surface area contributed by atoms with Gasteiger partial charge in [-0.2, -0.15) is 0 Å². The molecule has 0 saturated heterocycles. The highest BCUT2D eigenvalue weighted by molar-refractivity contribution is 5.80. The predicted molar refractivity (Wildman–Crippen MR) is 105 cm³/mol. The first kappa shape index (κ1) is 18.1. The summed E-state index contributed by atoms with van der Waals surface area (Å²) >= 11 is 0. The summed E-state index contributed by atoms with van der Waals surface area (Å²) in [7, 11) is 3.55. The van der Waals surface area contributed by atoms with Crippen molar-refractivity contribution < 1.29 is 14.3 Å². The van der Waals surface area contributed by atoms with Crippen LogP contribution in [0.15, 0.2) is 60.9 Å². The molecule has 0 unspecified atom stereocenters. The van der Waals surface area contributed by atoms with Crippen molar-refractivity contribution in [3.05, 3.63) is 77.9 Å². The molecule has 1 amide bonds. The van der Waals surface area contributed by atoms with Crippen LogP contribution in [0.4, 0.5) is 0 Å². The molecular weight excluding hydrogens is 354 g/mol. The molecule has 0 spiro atoms. The normalized spacial score (nSPS) is 16.6. The molecule has 2 aromatic carbocycles. The Hall–Kier alpha value is -3.28. The molecule has 2 heterocycles. The molecule has 0 bridgehead atoms. The number of rotatable bonds is 5. The number of carbonyl (C=O) groups is 1. The number of nitrogens with one attached hydrogen (secondary N) is 1. The quantitative estimate of drug-likeness (QED) is 0.743. The third-order valence-electron chi connectivity index (χ3n) is 5.10. The smallest absolute Gasteiger partial charge is 0.227 e. The second kappa shape index (κ2) is 7.76. The summed E-state index contributed by atoms with van der Waals surface area (Å²) in [6, 6.07) is 15.2. The molecule has 0 radical (unpaired) electrons. The van der Waals surface area contributed by atoms with Crippen LogP contribution in [-0.2, 0) is 18.3 Å². The summed E-state index contributed by atoms with van der Waals surface area (Å²) in [4.78, 5) is 17.5. The first-order chi connectivity index (χ1) is 13.7. The van der Waals surface area contributed by atoms with E-state index in [0.29, 0.717) is 13.0 Å². The van der Waals surface area contributed by atoms with Gasteiger partial charge in [-0.15, -0.1) is 0 Å². The molecule has 6 nitrogen and oxygen atoms in total. The summed E-state index contributed by atoms with van der Waals surface area (Å²) in [5.74, 6) is 2.12. The maximum atomic E-state index is 13.1. The van der Waals surface area contributed by atoms with E-state index in [9.17, 15) is 4.79 Å². The lowest BCUT2D eigenvalue weighted by Crippen LogP contribution is -2.40. The van der Waals surface area contributed by atoms with Crippen molar-refractivity contribution in [3.8, 4) is 11.5 Å².